The molecular formula is C28H29N3O3. The smallest absolute Gasteiger partial charge is 0.307 e. The number of benzene rings is 2. The van der Waals surface area contributed by atoms with Crippen LogP contribution in [0.5, 0.6) is 5.75 Å². The molecule has 0 aliphatic carbocycles. The maximum absolute atomic E-state index is 11.9. The van der Waals surface area contributed by atoms with E-state index in [1.54, 1.807) is 0 Å². The van der Waals surface area contributed by atoms with Crippen LogP contribution in [0.2, 0.25) is 0 Å². The normalized spacial score (nSPS) is 12.9. The van der Waals surface area contributed by atoms with Crippen molar-refractivity contribution in [3.8, 4) is 16.9 Å². The van der Waals surface area contributed by atoms with Gasteiger partial charge in [0, 0.05) is 42.5 Å². The van der Waals surface area contributed by atoms with E-state index in [9.17, 15) is 9.90 Å². The zero-order valence-corrected chi connectivity index (χ0v) is 20.1. The molecule has 0 fully saturated rings. The van der Waals surface area contributed by atoms with E-state index in [0.717, 1.165) is 68.6 Å². The lowest BCUT2D eigenvalue weighted by molar-refractivity contribution is -0.136. The van der Waals surface area contributed by atoms with Gasteiger partial charge in [-0.1, -0.05) is 13.8 Å². The first-order valence-corrected chi connectivity index (χ1v) is 11.7. The number of carboxylic acids is 1. The van der Waals surface area contributed by atoms with Crippen LogP contribution in [-0.4, -0.2) is 41.2 Å². The molecule has 1 aliphatic rings. The fourth-order valence-corrected chi connectivity index (χ4v) is 5.08. The highest BCUT2D eigenvalue weighted by Gasteiger charge is 2.22. The van der Waals surface area contributed by atoms with Gasteiger partial charge in [0.1, 0.15) is 11.6 Å². The Morgan fingerprint density at radius 2 is 2.03 bits per heavy atom. The Balaban J connectivity index is 1.80. The summed E-state index contributed by atoms with van der Waals surface area (Å²) in [4.78, 5) is 23.7. The number of aliphatic carboxylic acids is 1. The molecule has 6 nitrogen and oxygen atoms in total. The lowest BCUT2D eigenvalue weighted by Gasteiger charge is -2.23. The molecule has 34 heavy (non-hydrogen) atoms. The Labute approximate surface area is 199 Å². The van der Waals surface area contributed by atoms with E-state index in [1.165, 1.54) is 5.56 Å². The largest absolute Gasteiger partial charge is 0.493 e. The average molecular weight is 456 g/mol. The summed E-state index contributed by atoms with van der Waals surface area (Å²) in [5, 5.41) is 11.7. The lowest BCUT2D eigenvalue weighted by Crippen LogP contribution is -2.23. The molecule has 1 aliphatic heterocycles. The molecule has 0 atom stereocenters. The standard InChI is InChI=1S/C28H29N3O3/c1-16(2)15-31(4)24-8-6-19-22(30-24)13-17(3)21(14-25(32)33)27(19)20-5-7-23-26-18(10-12-34-23)9-11-29-28(20)26/h5-9,11,13,16H,10,12,14-15H2,1-4H3,(H,32,33). The van der Waals surface area contributed by atoms with Gasteiger partial charge in [-0.3, -0.25) is 9.78 Å². The SMILES string of the molecule is Cc1cc2nc(N(C)CC(C)C)ccc2c(-c2ccc3c4c(ccnc24)CCO3)c1CC(=O)O. The number of nitrogens with zero attached hydrogens (tertiary/aromatic N) is 3. The number of carbonyl (C=O) groups is 1. The van der Waals surface area contributed by atoms with Gasteiger partial charge in [0.25, 0.3) is 0 Å². The monoisotopic (exact) mass is 455 g/mol. The molecule has 5 rings (SSSR count). The van der Waals surface area contributed by atoms with E-state index in [1.807, 2.05) is 43.5 Å². The van der Waals surface area contributed by atoms with Gasteiger partial charge in [0.05, 0.1) is 24.1 Å². The highest BCUT2D eigenvalue weighted by atomic mass is 16.5. The highest BCUT2D eigenvalue weighted by molar-refractivity contribution is 6.08. The first-order chi connectivity index (χ1) is 16.3. The summed E-state index contributed by atoms with van der Waals surface area (Å²) in [5.41, 5.74) is 6.43. The molecule has 0 amide bonds. The molecule has 0 radical (unpaired) electrons. The first kappa shape index (κ1) is 22.1. The van der Waals surface area contributed by atoms with E-state index in [4.69, 9.17) is 14.7 Å². The van der Waals surface area contributed by atoms with Crippen LogP contribution in [0.25, 0.3) is 32.9 Å². The lowest BCUT2D eigenvalue weighted by atomic mass is 9.88. The molecule has 3 heterocycles. The van der Waals surface area contributed by atoms with Crippen molar-refractivity contribution < 1.29 is 14.6 Å². The molecular weight excluding hydrogens is 426 g/mol. The van der Waals surface area contributed by atoms with E-state index >= 15 is 0 Å². The van der Waals surface area contributed by atoms with Crippen molar-refractivity contribution in [2.75, 3.05) is 25.1 Å². The quantitative estimate of drug-likeness (QED) is 0.419. The molecule has 174 valence electrons. The number of anilines is 1. The van der Waals surface area contributed by atoms with Crippen molar-refractivity contribution >= 4 is 33.6 Å². The van der Waals surface area contributed by atoms with Crippen LogP contribution in [-0.2, 0) is 17.6 Å². The highest BCUT2D eigenvalue weighted by Crippen LogP contribution is 2.42. The summed E-state index contributed by atoms with van der Waals surface area (Å²) < 4.78 is 5.91. The molecule has 2 aromatic heterocycles. The predicted octanol–water partition coefficient (Wildman–Crippen LogP) is 5.41. The number of hydrogen-bond acceptors (Lipinski definition) is 5. The van der Waals surface area contributed by atoms with Crippen molar-refractivity contribution in [2.45, 2.75) is 33.6 Å². The van der Waals surface area contributed by atoms with Gasteiger partial charge >= 0.3 is 5.97 Å². The van der Waals surface area contributed by atoms with Crippen molar-refractivity contribution in [3.63, 3.8) is 0 Å². The summed E-state index contributed by atoms with van der Waals surface area (Å²) in [5.74, 6) is 1.40. The molecule has 0 spiro atoms. The molecule has 0 unspecified atom stereocenters. The van der Waals surface area contributed by atoms with E-state index in [-0.39, 0.29) is 6.42 Å². The van der Waals surface area contributed by atoms with Crippen LogP contribution in [0.1, 0.15) is 30.5 Å². The van der Waals surface area contributed by atoms with Gasteiger partial charge in [-0.25, -0.2) is 4.98 Å². The number of aryl methyl sites for hydroxylation is 1. The summed E-state index contributed by atoms with van der Waals surface area (Å²) in [7, 11) is 2.05. The molecule has 0 saturated carbocycles. The minimum Gasteiger partial charge on any atom is -0.493 e. The fraction of sp³-hybridized carbons (Fsp3) is 0.321. The summed E-state index contributed by atoms with van der Waals surface area (Å²) in [6, 6.07) is 12.1. The van der Waals surface area contributed by atoms with Gasteiger partial charge in [-0.2, -0.15) is 0 Å². The molecule has 0 saturated heterocycles. The Bertz CT molecular complexity index is 1420. The minimum absolute atomic E-state index is 0.0639. The number of hydrogen-bond donors (Lipinski definition) is 1. The third-order valence-corrected chi connectivity index (χ3v) is 6.51. The van der Waals surface area contributed by atoms with Crippen molar-refractivity contribution in [1.82, 2.24) is 9.97 Å². The Morgan fingerprint density at radius 1 is 1.21 bits per heavy atom. The molecule has 6 heteroatoms. The Morgan fingerprint density at radius 3 is 2.79 bits per heavy atom. The maximum atomic E-state index is 11.9. The Hall–Kier alpha value is -3.67. The number of ether oxygens (including phenoxy) is 1. The van der Waals surface area contributed by atoms with Crippen molar-refractivity contribution in [1.29, 1.82) is 0 Å². The van der Waals surface area contributed by atoms with Gasteiger partial charge in [-0.05, 0) is 71.5 Å². The third kappa shape index (κ3) is 3.83. The predicted molar refractivity (Wildman–Crippen MR) is 136 cm³/mol. The molecule has 4 aromatic rings. The summed E-state index contributed by atoms with van der Waals surface area (Å²) in [6.45, 7) is 7.90. The van der Waals surface area contributed by atoms with Gasteiger partial charge in [-0.15, -0.1) is 0 Å². The van der Waals surface area contributed by atoms with Gasteiger partial charge < -0.3 is 14.7 Å². The fourth-order valence-electron chi connectivity index (χ4n) is 5.08. The zero-order valence-electron chi connectivity index (χ0n) is 20.1. The molecule has 1 N–H and O–H groups in total. The second-order valence-corrected chi connectivity index (χ2v) is 9.53. The van der Waals surface area contributed by atoms with Crippen LogP contribution < -0.4 is 9.64 Å². The van der Waals surface area contributed by atoms with Crippen LogP contribution in [0.3, 0.4) is 0 Å². The number of carboxylic acid groups (broad SMARTS) is 1. The van der Waals surface area contributed by atoms with E-state index in [2.05, 4.69) is 31.9 Å². The van der Waals surface area contributed by atoms with Crippen LogP contribution >= 0.6 is 0 Å². The Kier molecular flexibility index (Phi) is 5.60. The topological polar surface area (TPSA) is 75.5 Å². The molecule has 0 bridgehead atoms. The van der Waals surface area contributed by atoms with Gasteiger partial charge in [0.15, 0.2) is 0 Å². The number of rotatable bonds is 6. The third-order valence-electron chi connectivity index (χ3n) is 6.51. The van der Waals surface area contributed by atoms with Crippen LogP contribution in [0.4, 0.5) is 5.82 Å². The molecule has 2 aromatic carbocycles. The number of pyridine rings is 2. The summed E-state index contributed by atoms with van der Waals surface area (Å²) >= 11 is 0. The van der Waals surface area contributed by atoms with Crippen molar-refractivity contribution in [3.05, 3.63) is 59.3 Å². The van der Waals surface area contributed by atoms with Crippen molar-refractivity contribution in [2.24, 2.45) is 5.92 Å². The van der Waals surface area contributed by atoms with E-state index < -0.39 is 5.97 Å². The first-order valence-electron chi connectivity index (χ1n) is 11.7. The number of aromatic nitrogens is 2. The number of fused-ring (bicyclic) bond motifs is 1. The second kappa shape index (κ2) is 8.60. The summed E-state index contributed by atoms with van der Waals surface area (Å²) in [6.07, 6.45) is 2.60. The minimum atomic E-state index is -0.857. The maximum Gasteiger partial charge on any atom is 0.307 e. The van der Waals surface area contributed by atoms with Gasteiger partial charge in [0.2, 0.25) is 0 Å². The van der Waals surface area contributed by atoms with E-state index in [0.29, 0.717) is 12.5 Å². The van der Waals surface area contributed by atoms with Crippen LogP contribution in [0.15, 0.2) is 42.6 Å². The van der Waals surface area contributed by atoms with Crippen LogP contribution in [0, 0.1) is 12.8 Å². The average Bonchev–Trinajstić information content (AvgIpc) is 2.79. The second-order valence-electron chi connectivity index (χ2n) is 9.53. The zero-order chi connectivity index (χ0) is 24.0.